The summed E-state index contributed by atoms with van der Waals surface area (Å²) in [6.45, 7) is 0. The van der Waals surface area contributed by atoms with E-state index >= 15 is 0 Å². The highest BCUT2D eigenvalue weighted by atomic mass is 35.5. The molecule has 8 heteroatoms. The first-order valence-corrected chi connectivity index (χ1v) is 8.63. The lowest BCUT2D eigenvalue weighted by Crippen LogP contribution is -2.13. The third-order valence-electron chi connectivity index (χ3n) is 2.84. The van der Waals surface area contributed by atoms with Crippen LogP contribution in [0, 0.1) is 11.6 Å². The predicted molar refractivity (Wildman–Crippen MR) is 90.3 cm³/mol. The number of hydrogen-bond acceptors (Lipinski definition) is 4. The third-order valence-corrected chi connectivity index (χ3v) is 5.02. The molecule has 3 nitrogen and oxygen atoms in total. The van der Waals surface area contributed by atoms with Crippen LogP contribution in [-0.2, 0) is 4.79 Å². The number of thioether (sulfide) groups is 1. The summed E-state index contributed by atoms with van der Waals surface area (Å²) in [7, 11) is 0. The molecule has 0 fully saturated rings. The average molecular weight is 371 g/mol. The largest absolute Gasteiger partial charge is 0.301 e. The van der Waals surface area contributed by atoms with Gasteiger partial charge in [0.25, 0.3) is 0 Å². The number of rotatable bonds is 4. The maximum Gasteiger partial charge on any atom is 0.236 e. The molecule has 0 spiro atoms. The normalized spacial score (nSPS) is 10.9. The van der Waals surface area contributed by atoms with Crippen molar-refractivity contribution in [2.75, 3.05) is 11.1 Å². The predicted octanol–water partition coefficient (Wildman–Crippen LogP) is 4.96. The van der Waals surface area contributed by atoms with Gasteiger partial charge in [-0.2, -0.15) is 0 Å². The van der Waals surface area contributed by atoms with Crippen molar-refractivity contribution in [3.63, 3.8) is 0 Å². The van der Waals surface area contributed by atoms with Crippen molar-refractivity contribution in [3.8, 4) is 0 Å². The molecule has 0 aliphatic carbocycles. The summed E-state index contributed by atoms with van der Waals surface area (Å²) in [6.07, 6.45) is 0. The van der Waals surface area contributed by atoms with Crippen LogP contribution < -0.4 is 5.32 Å². The fourth-order valence-electron chi connectivity index (χ4n) is 1.85. The molecular weight excluding hydrogens is 362 g/mol. The number of nitrogens with zero attached hydrogens (tertiary/aromatic N) is 1. The van der Waals surface area contributed by atoms with Crippen LogP contribution in [0.5, 0.6) is 0 Å². The van der Waals surface area contributed by atoms with Gasteiger partial charge in [0, 0.05) is 16.0 Å². The SMILES string of the molecule is O=C(CSc1ccc(Cl)cc1)Nc1nc2c(F)cc(F)cc2s1. The Kier molecular flexibility index (Phi) is 4.79. The number of aromatic nitrogens is 1. The standard InChI is InChI=1S/C15H9ClF2N2OS2/c16-8-1-3-10(4-2-8)22-7-13(21)19-15-20-14-11(18)5-9(17)6-12(14)23-15/h1-6H,7H2,(H,19,20,21). The number of halogens is 3. The summed E-state index contributed by atoms with van der Waals surface area (Å²) in [4.78, 5) is 16.8. The average Bonchev–Trinajstić information content (AvgIpc) is 2.89. The van der Waals surface area contributed by atoms with Gasteiger partial charge in [0.05, 0.1) is 10.5 Å². The van der Waals surface area contributed by atoms with E-state index in [4.69, 9.17) is 11.6 Å². The van der Waals surface area contributed by atoms with Crippen LogP contribution in [-0.4, -0.2) is 16.6 Å². The number of carbonyl (C=O) groups is 1. The molecule has 3 aromatic rings. The minimum Gasteiger partial charge on any atom is -0.301 e. The van der Waals surface area contributed by atoms with Crippen molar-refractivity contribution >= 4 is 56.0 Å². The molecule has 0 radical (unpaired) electrons. The molecule has 0 saturated heterocycles. The van der Waals surface area contributed by atoms with Gasteiger partial charge in [-0.05, 0) is 30.3 Å². The van der Waals surface area contributed by atoms with Gasteiger partial charge >= 0.3 is 0 Å². The van der Waals surface area contributed by atoms with E-state index < -0.39 is 11.6 Å². The van der Waals surface area contributed by atoms with Crippen LogP contribution in [0.2, 0.25) is 5.02 Å². The second-order valence-corrected chi connectivity index (χ2v) is 7.06. The van der Waals surface area contributed by atoms with Crippen molar-refractivity contribution in [3.05, 3.63) is 53.1 Å². The molecular formula is C15H9ClF2N2OS2. The highest BCUT2D eigenvalue weighted by Gasteiger charge is 2.12. The van der Waals surface area contributed by atoms with Crippen molar-refractivity contribution in [1.29, 1.82) is 0 Å². The number of hydrogen-bond donors (Lipinski definition) is 1. The van der Waals surface area contributed by atoms with Crippen molar-refractivity contribution in [1.82, 2.24) is 4.98 Å². The topological polar surface area (TPSA) is 42.0 Å². The number of nitrogens with one attached hydrogen (secondary N) is 1. The fraction of sp³-hybridized carbons (Fsp3) is 0.0667. The molecule has 3 rings (SSSR count). The minimum absolute atomic E-state index is 0.0528. The number of anilines is 1. The van der Waals surface area contributed by atoms with E-state index in [-0.39, 0.29) is 22.3 Å². The number of benzene rings is 2. The molecule has 1 heterocycles. The van der Waals surface area contributed by atoms with E-state index in [1.54, 1.807) is 12.1 Å². The van der Waals surface area contributed by atoms with Gasteiger partial charge in [0.15, 0.2) is 10.9 Å². The van der Waals surface area contributed by atoms with Crippen LogP contribution in [0.25, 0.3) is 10.2 Å². The van der Waals surface area contributed by atoms with Crippen LogP contribution in [0.3, 0.4) is 0 Å². The molecule has 0 unspecified atom stereocenters. The number of fused-ring (bicyclic) bond motifs is 1. The summed E-state index contributed by atoms with van der Waals surface area (Å²) in [5, 5.41) is 3.46. The van der Waals surface area contributed by atoms with Gasteiger partial charge in [-0.25, -0.2) is 13.8 Å². The van der Waals surface area contributed by atoms with Gasteiger partial charge in [-0.3, -0.25) is 4.79 Å². The maximum atomic E-state index is 13.6. The quantitative estimate of drug-likeness (QED) is 0.660. The van der Waals surface area contributed by atoms with E-state index in [0.29, 0.717) is 9.72 Å². The summed E-state index contributed by atoms with van der Waals surface area (Å²) >= 11 is 8.16. The number of thiazole rings is 1. The molecule has 1 N–H and O–H groups in total. The Balaban J connectivity index is 1.65. The van der Waals surface area contributed by atoms with Crippen LogP contribution in [0.1, 0.15) is 0 Å². The van der Waals surface area contributed by atoms with Crippen molar-refractivity contribution in [2.24, 2.45) is 0 Å². The van der Waals surface area contributed by atoms with E-state index in [2.05, 4.69) is 10.3 Å². The summed E-state index contributed by atoms with van der Waals surface area (Å²) in [5.74, 6) is -1.51. The van der Waals surface area contributed by atoms with E-state index in [1.165, 1.54) is 17.8 Å². The van der Waals surface area contributed by atoms with Gasteiger partial charge in [0.2, 0.25) is 5.91 Å². The molecule has 23 heavy (non-hydrogen) atoms. The smallest absolute Gasteiger partial charge is 0.236 e. The molecule has 1 amide bonds. The highest BCUT2D eigenvalue weighted by molar-refractivity contribution is 8.00. The maximum absolute atomic E-state index is 13.6. The van der Waals surface area contributed by atoms with Crippen LogP contribution in [0.15, 0.2) is 41.3 Å². The lowest BCUT2D eigenvalue weighted by Gasteiger charge is -2.02. The summed E-state index contributed by atoms with van der Waals surface area (Å²) < 4.78 is 27.1. The van der Waals surface area contributed by atoms with Crippen LogP contribution in [0.4, 0.5) is 13.9 Å². The molecule has 0 saturated carbocycles. The monoisotopic (exact) mass is 370 g/mol. The number of carbonyl (C=O) groups excluding carboxylic acids is 1. The molecule has 0 atom stereocenters. The zero-order valence-corrected chi connectivity index (χ0v) is 13.9. The van der Waals surface area contributed by atoms with Gasteiger partial charge in [-0.1, -0.05) is 22.9 Å². The zero-order chi connectivity index (χ0) is 16.4. The second kappa shape index (κ2) is 6.82. The Morgan fingerprint density at radius 2 is 2.00 bits per heavy atom. The van der Waals surface area contributed by atoms with E-state index in [9.17, 15) is 13.6 Å². The molecule has 118 valence electrons. The van der Waals surface area contributed by atoms with E-state index in [0.717, 1.165) is 22.3 Å². The van der Waals surface area contributed by atoms with Crippen LogP contribution >= 0.6 is 34.7 Å². The second-order valence-electron chi connectivity index (χ2n) is 4.54. The Bertz CT molecular complexity index is 868. The minimum atomic E-state index is -0.743. The first-order chi connectivity index (χ1) is 11.0. The first kappa shape index (κ1) is 16.2. The molecule has 0 aliphatic heterocycles. The Morgan fingerprint density at radius 1 is 1.26 bits per heavy atom. The summed E-state index contributed by atoms with van der Waals surface area (Å²) in [5.41, 5.74) is 0.0528. The molecule has 0 aliphatic rings. The first-order valence-electron chi connectivity index (χ1n) is 6.45. The molecule has 0 bridgehead atoms. The third kappa shape index (κ3) is 3.99. The van der Waals surface area contributed by atoms with E-state index in [1.807, 2.05) is 12.1 Å². The Labute approximate surface area is 143 Å². The van der Waals surface area contributed by atoms with Gasteiger partial charge in [-0.15, -0.1) is 11.8 Å². The van der Waals surface area contributed by atoms with Crippen molar-refractivity contribution in [2.45, 2.75) is 4.90 Å². The highest BCUT2D eigenvalue weighted by Crippen LogP contribution is 2.29. The van der Waals surface area contributed by atoms with Gasteiger partial charge < -0.3 is 5.32 Å². The van der Waals surface area contributed by atoms with Gasteiger partial charge in [0.1, 0.15) is 11.3 Å². The lowest BCUT2D eigenvalue weighted by molar-refractivity contribution is -0.113. The summed E-state index contributed by atoms with van der Waals surface area (Å²) in [6, 6.07) is 9.07. The Morgan fingerprint density at radius 3 is 2.74 bits per heavy atom. The fourth-order valence-corrected chi connectivity index (χ4v) is 3.59. The van der Waals surface area contributed by atoms with Crippen molar-refractivity contribution < 1.29 is 13.6 Å². The lowest BCUT2D eigenvalue weighted by atomic mass is 10.3. The Hall–Kier alpha value is -1.70. The molecule has 1 aromatic heterocycles. The molecule has 2 aromatic carbocycles. The number of amides is 1. The zero-order valence-electron chi connectivity index (χ0n) is 11.5.